The lowest BCUT2D eigenvalue weighted by atomic mass is 9.92. The summed E-state index contributed by atoms with van der Waals surface area (Å²) in [5, 5.41) is 8.69. The molecule has 2 aliphatic rings. The van der Waals surface area contributed by atoms with Crippen molar-refractivity contribution in [1.29, 1.82) is 0 Å². The SMILES string of the molecule is O=C(NCCCCCNc1c2c(nc3ccccc13)CCCC2)C1CCN(C(=O)c2ccc(Cl)cc2)CC1. The van der Waals surface area contributed by atoms with E-state index in [0.717, 1.165) is 44.2 Å². The number of nitrogens with zero attached hydrogens (tertiary/aromatic N) is 2. The molecular formula is C31H37ClN4O2. The lowest BCUT2D eigenvalue weighted by Crippen LogP contribution is -2.43. The Morgan fingerprint density at radius 2 is 1.66 bits per heavy atom. The van der Waals surface area contributed by atoms with Gasteiger partial charge in [-0.15, -0.1) is 0 Å². The van der Waals surface area contributed by atoms with Gasteiger partial charge in [0.1, 0.15) is 0 Å². The molecule has 2 N–H and O–H groups in total. The Bertz CT molecular complexity index is 1270. The highest BCUT2D eigenvalue weighted by Crippen LogP contribution is 2.33. The third kappa shape index (κ3) is 6.29. The Balaban J connectivity index is 1.01. The molecule has 0 radical (unpaired) electrons. The molecule has 0 bridgehead atoms. The second kappa shape index (κ2) is 12.6. The maximum absolute atomic E-state index is 12.7. The number of fused-ring (bicyclic) bond motifs is 2. The monoisotopic (exact) mass is 532 g/mol. The third-order valence-electron chi connectivity index (χ3n) is 7.87. The van der Waals surface area contributed by atoms with Crippen molar-refractivity contribution in [2.24, 2.45) is 5.92 Å². The molecule has 2 heterocycles. The zero-order chi connectivity index (χ0) is 26.3. The molecule has 1 saturated heterocycles. The Labute approximate surface area is 230 Å². The molecule has 3 aromatic rings. The summed E-state index contributed by atoms with van der Waals surface area (Å²) in [6, 6.07) is 15.4. The smallest absolute Gasteiger partial charge is 0.253 e. The largest absolute Gasteiger partial charge is 0.384 e. The minimum absolute atomic E-state index is 0.00871. The summed E-state index contributed by atoms with van der Waals surface area (Å²) in [5.41, 5.74) is 5.67. The van der Waals surface area contributed by atoms with Crippen molar-refractivity contribution in [1.82, 2.24) is 15.2 Å². The second-order valence-corrected chi connectivity index (χ2v) is 10.9. The molecule has 0 unspecified atom stereocenters. The summed E-state index contributed by atoms with van der Waals surface area (Å²) >= 11 is 5.93. The molecule has 0 atom stereocenters. The molecule has 7 heteroatoms. The fourth-order valence-electron chi connectivity index (χ4n) is 5.69. The molecule has 1 fully saturated rings. The van der Waals surface area contributed by atoms with E-state index in [9.17, 15) is 9.59 Å². The van der Waals surface area contributed by atoms with Crippen LogP contribution in [0.3, 0.4) is 0 Å². The van der Waals surface area contributed by atoms with E-state index in [-0.39, 0.29) is 17.7 Å². The lowest BCUT2D eigenvalue weighted by Gasteiger charge is -2.31. The van der Waals surface area contributed by atoms with Gasteiger partial charge in [0.05, 0.1) is 5.52 Å². The minimum atomic E-state index is -0.0166. The fraction of sp³-hybridized carbons (Fsp3) is 0.452. The van der Waals surface area contributed by atoms with E-state index in [4.69, 9.17) is 16.6 Å². The van der Waals surface area contributed by atoms with E-state index < -0.39 is 0 Å². The van der Waals surface area contributed by atoms with Gasteiger partial charge in [-0.2, -0.15) is 0 Å². The number of halogens is 1. The number of aryl methyl sites for hydroxylation is 1. The Hall–Kier alpha value is -3.12. The van der Waals surface area contributed by atoms with Crippen LogP contribution in [0.25, 0.3) is 10.9 Å². The van der Waals surface area contributed by atoms with Crippen LogP contribution in [0.5, 0.6) is 0 Å². The van der Waals surface area contributed by atoms with Crippen molar-refractivity contribution < 1.29 is 9.59 Å². The van der Waals surface area contributed by atoms with E-state index in [2.05, 4.69) is 34.9 Å². The minimum Gasteiger partial charge on any atom is -0.384 e. The van der Waals surface area contributed by atoms with Crippen LogP contribution in [0, 0.1) is 5.92 Å². The first-order valence-electron chi connectivity index (χ1n) is 14.1. The Morgan fingerprint density at radius 1 is 0.921 bits per heavy atom. The van der Waals surface area contributed by atoms with Crippen molar-refractivity contribution in [3.8, 4) is 0 Å². The van der Waals surface area contributed by atoms with Gasteiger partial charge in [-0.3, -0.25) is 14.6 Å². The number of unbranched alkanes of at least 4 members (excludes halogenated alkanes) is 2. The zero-order valence-electron chi connectivity index (χ0n) is 22.0. The number of nitrogens with one attached hydrogen (secondary N) is 2. The van der Waals surface area contributed by atoms with Crippen LogP contribution in [-0.2, 0) is 17.6 Å². The number of amides is 2. The second-order valence-electron chi connectivity index (χ2n) is 10.5. The highest BCUT2D eigenvalue weighted by Gasteiger charge is 2.27. The van der Waals surface area contributed by atoms with Crippen LogP contribution in [0.15, 0.2) is 48.5 Å². The number of rotatable bonds is 9. The average Bonchev–Trinajstić information content (AvgIpc) is 2.96. The lowest BCUT2D eigenvalue weighted by molar-refractivity contribution is -0.126. The molecule has 1 aromatic heterocycles. The number of pyridine rings is 1. The molecule has 2 aromatic carbocycles. The van der Waals surface area contributed by atoms with Gasteiger partial charge < -0.3 is 15.5 Å². The number of piperidine rings is 1. The first kappa shape index (κ1) is 26.5. The van der Waals surface area contributed by atoms with E-state index in [1.807, 2.05) is 4.90 Å². The van der Waals surface area contributed by atoms with Crippen molar-refractivity contribution in [2.75, 3.05) is 31.5 Å². The van der Waals surface area contributed by atoms with Gasteiger partial charge in [0.2, 0.25) is 5.91 Å². The normalized spacial score (nSPS) is 15.8. The van der Waals surface area contributed by atoms with Gasteiger partial charge in [0.25, 0.3) is 5.91 Å². The summed E-state index contributed by atoms with van der Waals surface area (Å²) in [5.74, 6) is 0.114. The maximum Gasteiger partial charge on any atom is 0.253 e. The molecule has 1 aliphatic carbocycles. The number of carbonyl (C=O) groups is 2. The molecule has 38 heavy (non-hydrogen) atoms. The molecule has 2 amide bonds. The maximum atomic E-state index is 12.7. The van der Waals surface area contributed by atoms with Crippen LogP contribution in [0.4, 0.5) is 5.69 Å². The average molecular weight is 533 g/mol. The highest BCUT2D eigenvalue weighted by atomic mass is 35.5. The van der Waals surface area contributed by atoms with Gasteiger partial charge in [0.15, 0.2) is 0 Å². The summed E-state index contributed by atoms with van der Waals surface area (Å²) < 4.78 is 0. The van der Waals surface area contributed by atoms with Gasteiger partial charge in [-0.25, -0.2) is 0 Å². The molecule has 0 saturated carbocycles. The molecule has 1 aliphatic heterocycles. The number of benzene rings is 2. The number of carbonyl (C=O) groups excluding carboxylic acids is 2. The Kier molecular flexibility index (Phi) is 8.79. The van der Waals surface area contributed by atoms with Crippen LogP contribution in [0.2, 0.25) is 5.02 Å². The summed E-state index contributed by atoms with van der Waals surface area (Å²) in [6.45, 7) is 2.85. The summed E-state index contributed by atoms with van der Waals surface area (Å²) in [4.78, 5) is 32.1. The first-order chi connectivity index (χ1) is 18.6. The fourth-order valence-corrected chi connectivity index (χ4v) is 5.82. The number of hydrogen-bond donors (Lipinski definition) is 2. The summed E-state index contributed by atoms with van der Waals surface area (Å²) in [7, 11) is 0. The number of hydrogen-bond acceptors (Lipinski definition) is 4. The number of para-hydroxylation sites is 1. The van der Waals surface area contributed by atoms with Crippen LogP contribution < -0.4 is 10.6 Å². The number of anilines is 1. The Morgan fingerprint density at radius 3 is 2.47 bits per heavy atom. The van der Waals surface area contributed by atoms with Crippen LogP contribution in [-0.4, -0.2) is 47.9 Å². The van der Waals surface area contributed by atoms with Crippen molar-refractivity contribution in [2.45, 2.75) is 57.8 Å². The first-order valence-corrected chi connectivity index (χ1v) is 14.4. The standard InChI is InChI=1S/C31H37ClN4O2/c32-24-14-12-23(13-15-24)31(38)36-20-16-22(17-21-36)30(37)34-19-7-1-6-18-33-29-25-8-2-4-10-27(25)35-28-11-5-3-9-26(28)29/h2,4,8,10,12-15,22H,1,3,5-7,9,11,16-21H2,(H,33,35)(H,34,37). The summed E-state index contributed by atoms with van der Waals surface area (Å²) in [6.07, 6.45) is 9.15. The van der Waals surface area contributed by atoms with Crippen molar-refractivity contribution in [3.63, 3.8) is 0 Å². The molecule has 5 rings (SSSR count). The molecular weight excluding hydrogens is 496 g/mol. The number of likely N-dealkylation sites (tertiary alicyclic amines) is 1. The van der Waals surface area contributed by atoms with Gasteiger partial charge in [-0.05, 0) is 93.7 Å². The predicted molar refractivity (Wildman–Crippen MR) is 154 cm³/mol. The van der Waals surface area contributed by atoms with Gasteiger partial charge in [-0.1, -0.05) is 29.8 Å². The van der Waals surface area contributed by atoms with E-state index in [1.165, 1.54) is 35.2 Å². The highest BCUT2D eigenvalue weighted by molar-refractivity contribution is 6.30. The van der Waals surface area contributed by atoms with E-state index in [1.54, 1.807) is 24.3 Å². The van der Waals surface area contributed by atoms with Crippen molar-refractivity contribution in [3.05, 3.63) is 70.4 Å². The van der Waals surface area contributed by atoms with Crippen molar-refractivity contribution >= 4 is 40.0 Å². The zero-order valence-corrected chi connectivity index (χ0v) is 22.7. The van der Waals surface area contributed by atoms with Crippen LogP contribution in [0.1, 0.15) is 66.6 Å². The topological polar surface area (TPSA) is 74.3 Å². The van der Waals surface area contributed by atoms with Gasteiger partial charge in [0, 0.05) is 59.5 Å². The quantitative estimate of drug-likeness (QED) is 0.330. The molecule has 0 spiro atoms. The van der Waals surface area contributed by atoms with E-state index in [0.29, 0.717) is 43.1 Å². The molecule has 6 nitrogen and oxygen atoms in total. The van der Waals surface area contributed by atoms with Crippen LogP contribution >= 0.6 is 11.6 Å². The number of aromatic nitrogens is 1. The predicted octanol–water partition coefficient (Wildman–Crippen LogP) is 6.02. The third-order valence-corrected chi connectivity index (χ3v) is 8.12. The van der Waals surface area contributed by atoms with E-state index >= 15 is 0 Å². The molecule has 200 valence electrons. The van der Waals surface area contributed by atoms with Gasteiger partial charge >= 0.3 is 0 Å².